The number of benzene rings is 2. The molecule has 1 unspecified atom stereocenters. The van der Waals surface area contributed by atoms with Gasteiger partial charge in [-0.05, 0) is 82.0 Å². The number of amides is 1. The van der Waals surface area contributed by atoms with Gasteiger partial charge in [-0.25, -0.2) is 9.59 Å². The topological polar surface area (TPSA) is 105 Å². The zero-order chi connectivity index (χ0) is 28.6. The third-order valence-corrected chi connectivity index (χ3v) is 4.34. The molecule has 0 bridgehead atoms. The second-order valence-electron chi connectivity index (χ2n) is 8.35. The van der Waals surface area contributed by atoms with Crippen LogP contribution in [0.25, 0.3) is 0 Å². The van der Waals surface area contributed by atoms with E-state index in [2.05, 4.69) is 5.32 Å². The Bertz CT molecular complexity index is 924. The normalized spacial score (nSPS) is 10.7. The van der Waals surface area contributed by atoms with Crippen LogP contribution in [0.1, 0.15) is 84.6 Å². The van der Waals surface area contributed by atoms with Crippen molar-refractivity contribution < 1.29 is 29.3 Å². The molecule has 0 saturated carbocycles. The van der Waals surface area contributed by atoms with Crippen molar-refractivity contribution in [3.8, 4) is 17.2 Å². The lowest BCUT2D eigenvalue weighted by Gasteiger charge is -2.22. The van der Waals surface area contributed by atoms with Crippen LogP contribution < -0.4 is 10.1 Å². The van der Waals surface area contributed by atoms with Crippen LogP contribution in [0.15, 0.2) is 30.3 Å². The van der Waals surface area contributed by atoms with Gasteiger partial charge < -0.3 is 25.0 Å². The van der Waals surface area contributed by atoms with Crippen LogP contribution in [0.2, 0.25) is 0 Å². The highest BCUT2D eigenvalue weighted by atomic mass is 16.6. The molecule has 0 spiro atoms. The summed E-state index contributed by atoms with van der Waals surface area (Å²) in [6.07, 6.45) is -0.666. The van der Waals surface area contributed by atoms with Crippen molar-refractivity contribution in [2.45, 2.75) is 101 Å². The number of carbonyl (C=O) groups excluding carboxylic acids is 1. The Hall–Kier alpha value is -3.22. The van der Waals surface area contributed by atoms with Gasteiger partial charge in [0.1, 0.15) is 28.9 Å². The second-order valence-corrected chi connectivity index (χ2v) is 8.35. The molecule has 0 aromatic heterocycles. The third kappa shape index (κ3) is 12.5. The van der Waals surface area contributed by atoms with Crippen LogP contribution in [-0.4, -0.2) is 33.9 Å². The number of phenols is 1. The lowest BCUT2D eigenvalue weighted by molar-refractivity contribution is -0.139. The van der Waals surface area contributed by atoms with Crippen molar-refractivity contribution in [3.05, 3.63) is 52.6 Å². The molecule has 1 amide bonds. The van der Waals surface area contributed by atoms with E-state index < -0.39 is 23.7 Å². The summed E-state index contributed by atoms with van der Waals surface area (Å²) in [5.74, 6) is 0.314. The Labute approximate surface area is 217 Å². The number of rotatable bonds is 6. The van der Waals surface area contributed by atoms with E-state index in [4.69, 9.17) is 9.47 Å². The molecule has 36 heavy (non-hydrogen) atoms. The molecule has 1 atom stereocenters. The molecule has 0 heterocycles. The molecule has 0 aliphatic carbocycles. The average Bonchev–Trinajstić information content (AvgIpc) is 2.81. The molecule has 2 rings (SSSR count). The first kappa shape index (κ1) is 34.9. The number of nitrogens with one attached hydrogen (secondary N) is 1. The second kappa shape index (κ2) is 17.2. The van der Waals surface area contributed by atoms with E-state index in [9.17, 15) is 19.8 Å². The maximum absolute atomic E-state index is 12.0. The van der Waals surface area contributed by atoms with Gasteiger partial charge >= 0.3 is 12.1 Å². The number of hydrogen-bond acceptors (Lipinski definition) is 5. The average molecular weight is 506 g/mol. The number of carboxylic acid groups (broad SMARTS) is 1. The predicted molar refractivity (Wildman–Crippen MR) is 147 cm³/mol. The Balaban J connectivity index is 0. The van der Waals surface area contributed by atoms with Gasteiger partial charge in [-0.2, -0.15) is 0 Å². The summed E-state index contributed by atoms with van der Waals surface area (Å²) in [6, 6.07) is 7.55. The van der Waals surface area contributed by atoms with Gasteiger partial charge in [0.25, 0.3) is 0 Å². The van der Waals surface area contributed by atoms with Gasteiger partial charge in [0.05, 0.1) is 0 Å². The minimum absolute atomic E-state index is 0.106. The summed E-state index contributed by atoms with van der Waals surface area (Å²) in [5.41, 5.74) is 2.40. The number of carbonyl (C=O) groups is 2. The minimum atomic E-state index is -1.14. The molecule has 0 fully saturated rings. The predicted octanol–water partition coefficient (Wildman–Crippen LogP) is 7.71. The molecule has 3 N–H and O–H groups in total. The number of ether oxygens (including phenoxy) is 2. The van der Waals surface area contributed by atoms with E-state index in [1.54, 1.807) is 45.9 Å². The van der Waals surface area contributed by atoms with Crippen molar-refractivity contribution in [1.82, 2.24) is 5.32 Å². The minimum Gasteiger partial charge on any atom is -0.508 e. The van der Waals surface area contributed by atoms with E-state index in [0.29, 0.717) is 17.1 Å². The molecule has 7 nitrogen and oxygen atoms in total. The molecular weight excluding hydrogens is 458 g/mol. The molecule has 7 heteroatoms. The number of hydrogen-bond donors (Lipinski definition) is 3. The molecule has 204 valence electrons. The number of phenolic OH excluding ortho intramolecular Hbond substituents is 1. The number of carboxylic acids is 1. The van der Waals surface area contributed by atoms with E-state index in [1.165, 1.54) is 0 Å². The SMILES string of the molecule is CC.CC.CC.Cc1cc(Oc2c(C)cc(CC(NC(=O)OC(C)(C)C)C(=O)O)cc2C)ccc1O. The maximum atomic E-state index is 12.0. The van der Waals surface area contributed by atoms with Crippen LogP contribution in [0.5, 0.6) is 17.2 Å². The van der Waals surface area contributed by atoms with Gasteiger partial charge in [0, 0.05) is 6.42 Å². The zero-order valence-electron chi connectivity index (χ0n) is 24.2. The van der Waals surface area contributed by atoms with Crippen LogP contribution in [-0.2, 0) is 16.0 Å². The van der Waals surface area contributed by atoms with Gasteiger partial charge in [0.15, 0.2) is 0 Å². The number of aryl methyl sites for hydroxylation is 3. The molecule has 0 saturated heterocycles. The Kier molecular flexibility index (Phi) is 16.7. The summed E-state index contributed by atoms with van der Waals surface area (Å²) in [7, 11) is 0. The summed E-state index contributed by atoms with van der Waals surface area (Å²) < 4.78 is 11.1. The summed E-state index contributed by atoms with van der Waals surface area (Å²) >= 11 is 0. The highest BCUT2D eigenvalue weighted by Gasteiger charge is 2.24. The van der Waals surface area contributed by atoms with Gasteiger partial charge in [-0.15, -0.1) is 0 Å². The summed E-state index contributed by atoms with van der Waals surface area (Å²) in [6.45, 7) is 22.7. The quantitative estimate of drug-likeness (QED) is 0.371. The Morgan fingerprint density at radius 1 is 0.889 bits per heavy atom. The first-order valence-corrected chi connectivity index (χ1v) is 12.7. The Morgan fingerprint density at radius 3 is 1.81 bits per heavy atom. The molecule has 0 aliphatic rings. The van der Waals surface area contributed by atoms with E-state index >= 15 is 0 Å². The highest BCUT2D eigenvalue weighted by Crippen LogP contribution is 2.32. The first-order chi connectivity index (χ1) is 16.9. The van der Waals surface area contributed by atoms with Crippen molar-refractivity contribution in [2.75, 3.05) is 0 Å². The maximum Gasteiger partial charge on any atom is 0.408 e. The van der Waals surface area contributed by atoms with Crippen LogP contribution in [0.4, 0.5) is 4.79 Å². The highest BCUT2D eigenvalue weighted by molar-refractivity contribution is 5.80. The lowest BCUT2D eigenvalue weighted by Crippen LogP contribution is -2.44. The van der Waals surface area contributed by atoms with Crippen molar-refractivity contribution >= 4 is 12.1 Å². The summed E-state index contributed by atoms with van der Waals surface area (Å²) in [5, 5.41) is 21.6. The van der Waals surface area contributed by atoms with Crippen LogP contribution in [0.3, 0.4) is 0 Å². The van der Waals surface area contributed by atoms with Crippen LogP contribution >= 0.6 is 0 Å². The standard InChI is InChI=1S/C23H29NO6.3C2H6/c1-13-11-17(7-8-19(13)25)29-20-14(2)9-16(10-15(20)3)12-18(21(26)27)24-22(28)30-23(4,5)6;3*1-2/h7-11,18,25H,12H2,1-6H3,(H,24,28)(H,26,27);3*1-2H3. The van der Waals surface area contributed by atoms with E-state index in [-0.39, 0.29) is 12.2 Å². The van der Waals surface area contributed by atoms with Crippen molar-refractivity contribution in [3.63, 3.8) is 0 Å². The van der Waals surface area contributed by atoms with Gasteiger partial charge in [-0.1, -0.05) is 53.7 Å². The fraction of sp³-hybridized carbons (Fsp3) is 0.517. The monoisotopic (exact) mass is 505 g/mol. The zero-order valence-corrected chi connectivity index (χ0v) is 24.2. The molecule has 0 aliphatic heterocycles. The molecular formula is C29H47NO6. The number of aromatic hydroxyl groups is 1. The molecule has 0 radical (unpaired) electrons. The molecule has 2 aromatic rings. The first-order valence-electron chi connectivity index (χ1n) is 12.7. The van der Waals surface area contributed by atoms with Crippen molar-refractivity contribution in [1.29, 1.82) is 0 Å². The van der Waals surface area contributed by atoms with Crippen molar-refractivity contribution in [2.24, 2.45) is 0 Å². The largest absolute Gasteiger partial charge is 0.508 e. The summed E-state index contributed by atoms with van der Waals surface area (Å²) in [4.78, 5) is 23.6. The fourth-order valence-electron chi connectivity index (χ4n) is 3.01. The van der Waals surface area contributed by atoms with E-state index in [1.807, 2.05) is 67.5 Å². The Morgan fingerprint density at radius 2 is 1.39 bits per heavy atom. The smallest absolute Gasteiger partial charge is 0.408 e. The molecule has 2 aromatic carbocycles. The number of aliphatic carboxylic acids is 1. The van der Waals surface area contributed by atoms with Gasteiger partial charge in [0.2, 0.25) is 0 Å². The van der Waals surface area contributed by atoms with Crippen LogP contribution in [0, 0.1) is 20.8 Å². The lowest BCUT2D eigenvalue weighted by atomic mass is 10.00. The van der Waals surface area contributed by atoms with E-state index in [0.717, 1.165) is 16.7 Å². The van der Waals surface area contributed by atoms with Gasteiger partial charge in [-0.3, -0.25) is 0 Å². The fourth-order valence-corrected chi connectivity index (χ4v) is 3.01. The number of alkyl carbamates (subject to hydrolysis) is 1. The third-order valence-electron chi connectivity index (χ3n) is 4.34.